The van der Waals surface area contributed by atoms with Crippen LogP contribution >= 0.6 is 23.2 Å². The molecule has 0 aromatic heterocycles. The van der Waals surface area contributed by atoms with Crippen LogP contribution in [0.15, 0.2) is 42.5 Å². The minimum absolute atomic E-state index is 0.0480. The van der Waals surface area contributed by atoms with E-state index >= 15 is 0 Å². The Labute approximate surface area is 237 Å². The summed E-state index contributed by atoms with van der Waals surface area (Å²) in [6.07, 6.45) is 1.39. The third-order valence-corrected chi connectivity index (χ3v) is 7.80. The fourth-order valence-electron chi connectivity index (χ4n) is 3.95. The number of halogens is 2. The number of rotatable bonds is 9. The van der Waals surface area contributed by atoms with Crippen molar-refractivity contribution >= 4 is 50.7 Å². The van der Waals surface area contributed by atoms with Crippen LogP contribution in [-0.2, 0) is 31.6 Å². The van der Waals surface area contributed by atoms with Gasteiger partial charge in [-0.2, -0.15) is 0 Å². The maximum atomic E-state index is 13.8. The quantitative estimate of drug-likeness (QED) is 0.405. The summed E-state index contributed by atoms with van der Waals surface area (Å²) in [4.78, 5) is 28.5. The maximum Gasteiger partial charge on any atom is 0.244 e. The summed E-state index contributed by atoms with van der Waals surface area (Å²) < 4.78 is 26.7. The lowest BCUT2D eigenvalue weighted by atomic mass is 9.87. The number of carbonyl (C=O) groups is 2. The van der Waals surface area contributed by atoms with Gasteiger partial charge in [0.2, 0.25) is 21.8 Å². The van der Waals surface area contributed by atoms with Crippen LogP contribution in [0.5, 0.6) is 0 Å². The molecule has 0 heterocycles. The second kappa shape index (κ2) is 12.3. The van der Waals surface area contributed by atoms with E-state index in [2.05, 4.69) is 26.1 Å². The van der Waals surface area contributed by atoms with Gasteiger partial charge in [0.15, 0.2) is 0 Å². The fraction of sp³-hybridized carbons (Fsp3) is 0.500. The zero-order valence-electron chi connectivity index (χ0n) is 23.4. The van der Waals surface area contributed by atoms with Crippen LogP contribution in [0.1, 0.15) is 66.0 Å². The van der Waals surface area contributed by atoms with Gasteiger partial charge in [-0.25, -0.2) is 8.42 Å². The second-order valence-electron chi connectivity index (χ2n) is 11.5. The SMILES string of the molecule is CCC(C(=O)NC(C)(C)C)N(Cc1ccc(Cl)c(Cl)c1)C(=O)CN(c1ccc(C(C)(C)C)cc1)S(C)(=O)=O. The molecular formula is C28H39Cl2N3O4S. The normalized spacial score (nSPS) is 13.1. The van der Waals surface area contributed by atoms with E-state index in [4.69, 9.17) is 23.2 Å². The lowest BCUT2D eigenvalue weighted by Gasteiger charge is -2.34. The fourth-order valence-corrected chi connectivity index (χ4v) is 5.12. The molecule has 2 aromatic carbocycles. The Hall–Kier alpha value is -2.29. The van der Waals surface area contributed by atoms with Gasteiger partial charge < -0.3 is 10.2 Å². The highest BCUT2D eigenvalue weighted by Gasteiger charge is 2.33. The summed E-state index contributed by atoms with van der Waals surface area (Å²) in [6, 6.07) is 11.3. The summed E-state index contributed by atoms with van der Waals surface area (Å²) in [5, 5.41) is 3.62. The zero-order valence-corrected chi connectivity index (χ0v) is 25.8. The Kier molecular flexibility index (Phi) is 10.3. The largest absolute Gasteiger partial charge is 0.350 e. The molecule has 0 aliphatic heterocycles. The Morgan fingerprint density at radius 3 is 1.97 bits per heavy atom. The molecular weight excluding hydrogens is 545 g/mol. The first kappa shape index (κ1) is 31.9. The minimum atomic E-state index is -3.81. The molecule has 1 unspecified atom stereocenters. The molecule has 0 bridgehead atoms. The van der Waals surface area contributed by atoms with Crippen molar-refractivity contribution in [2.24, 2.45) is 0 Å². The van der Waals surface area contributed by atoms with Crippen molar-refractivity contribution in [3.05, 3.63) is 63.6 Å². The molecule has 0 spiro atoms. The molecule has 210 valence electrons. The van der Waals surface area contributed by atoms with Crippen molar-refractivity contribution in [1.29, 1.82) is 0 Å². The van der Waals surface area contributed by atoms with Gasteiger partial charge in [0.1, 0.15) is 12.6 Å². The van der Waals surface area contributed by atoms with Crippen molar-refractivity contribution < 1.29 is 18.0 Å². The van der Waals surface area contributed by atoms with Gasteiger partial charge in [-0.15, -0.1) is 0 Å². The molecule has 7 nitrogen and oxygen atoms in total. The molecule has 0 aliphatic rings. The monoisotopic (exact) mass is 583 g/mol. The summed E-state index contributed by atoms with van der Waals surface area (Å²) in [6.45, 7) is 13.2. The summed E-state index contributed by atoms with van der Waals surface area (Å²) in [7, 11) is -3.81. The van der Waals surface area contributed by atoms with Crippen LogP contribution < -0.4 is 9.62 Å². The first-order valence-corrected chi connectivity index (χ1v) is 15.1. The molecule has 1 N–H and O–H groups in total. The molecule has 2 aromatic rings. The maximum absolute atomic E-state index is 13.8. The molecule has 38 heavy (non-hydrogen) atoms. The van der Waals surface area contributed by atoms with Crippen molar-refractivity contribution in [2.45, 2.75) is 78.4 Å². The molecule has 0 saturated heterocycles. The highest BCUT2D eigenvalue weighted by Crippen LogP contribution is 2.27. The topological polar surface area (TPSA) is 86.8 Å². The number of amides is 2. The van der Waals surface area contributed by atoms with Gasteiger partial charge in [0.25, 0.3) is 0 Å². The predicted molar refractivity (Wildman–Crippen MR) is 156 cm³/mol. The van der Waals surface area contributed by atoms with E-state index in [1.165, 1.54) is 4.90 Å². The summed E-state index contributed by atoms with van der Waals surface area (Å²) in [5.74, 6) is -0.842. The van der Waals surface area contributed by atoms with Gasteiger partial charge >= 0.3 is 0 Å². The molecule has 1 atom stereocenters. The average molecular weight is 585 g/mol. The first-order chi connectivity index (χ1) is 17.3. The van der Waals surface area contributed by atoms with Gasteiger partial charge in [-0.1, -0.05) is 69.1 Å². The standard InChI is InChI=1S/C28H39Cl2N3O4S/c1-9-24(26(35)31-28(5,6)7)32(17-19-10-15-22(29)23(30)16-19)25(34)18-33(38(8,36)37)21-13-11-20(12-14-21)27(2,3)4/h10-16,24H,9,17-18H2,1-8H3,(H,31,35). The zero-order chi connectivity index (χ0) is 29.1. The third-order valence-electron chi connectivity index (χ3n) is 5.92. The summed E-state index contributed by atoms with van der Waals surface area (Å²) in [5.41, 5.74) is 1.43. The van der Waals surface area contributed by atoms with Crippen molar-refractivity contribution in [2.75, 3.05) is 17.1 Å². The van der Waals surface area contributed by atoms with Gasteiger partial charge in [-0.05, 0) is 68.0 Å². The Balaban J connectivity index is 2.49. The van der Waals surface area contributed by atoms with Gasteiger partial charge in [0, 0.05) is 12.1 Å². The van der Waals surface area contributed by atoms with Gasteiger partial charge in [-0.3, -0.25) is 13.9 Å². The van der Waals surface area contributed by atoms with E-state index < -0.39 is 34.1 Å². The van der Waals surface area contributed by atoms with E-state index in [1.807, 2.05) is 39.8 Å². The Morgan fingerprint density at radius 2 is 1.53 bits per heavy atom. The number of sulfonamides is 1. The smallest absolute Gasteiger partial charge is 0.244 e. The van der Waals surface area contributed by atoms with Crippen LogP contribution in [0, 0.1) is 0 Å². The molecule has 2 rings (SSSR count). The number of carbonyl (C=O) groups excluding carboxylic acids is 2. The van der Waals surface area contributed by atoms with E-state index in [1.54, 1.807) is 30.3 Å². The van der Waals surface area contributed by atoms with E-state index in [0.717, 1.165) is 16.1 Å². The molecule has 0 aliphatic carbocycles. The second-order valence-corrected chi connectivity index (χ2v) is 14.2. The number of benzene rings is 2. The Bertz CT molecular complexity index is 1250. The molecule has 10 heteroatoms. The number of nitrogens with one attached hydrogen (secondary N) is 1. The molecule has 0 saturated carbocycles. The van der Waals surface area contributed by atoms with Gasteiger partial charge in [0.05, 0.1) is 22.0 Å². The summed E-state index contributed by atoms with van der Waals surface area (Å²) >= 11 is 12.3. The lowest BCUT2D eigenvalue weighted by molar-refractivity contribution is -0.141. The number of hydrogen-bond acceptors (Lipinski definition) is 4. The van der Waals surface area contributed by atoms with Crippen LogP contribution in [-0.4, -0.2) is 49.5 Å². The van der Waals surface area contributed by atoms with Crippen LogP contribution in [0.25, 0.3) is 0 Å². The minimum Gasteiger partial charge on any atom is -0.350 e. The number of anilines is 1. The van der Waals surface area contributed by atoms with Crippen LogP contribution in [0.3, 0.4) is 0 Å². The number of hydrogen-bond donors (Lipinski definition) is 1. The van der Waals surface area contributed by atoms with Crippen molar-refractivity contribution in [3.63, 3.8) is 0 Å². The van der Waals surface area contributed by atoms with E-state index in [9.17, 15) is 18.0 Å². The van der Waals surface area contributed by atoms with Crippen molar-refractivity contribution in [1.82, 2.24) is 10.2 Å². The highest BCUT2D eigenvalue weighted by atomic mass is 35.5. The highest BCUT2D eigenvalue weighted by molar-refractivity contribution is 7.92. The Morgan fingerprint density at radius 1 is 0.947 bits per heavy atom. The number of nitrogens with zero attached hydrogens (tertiary/aromatic N) is 2. The third kappa shape index (κ3) is 8.89. The van der Waals surface area contributed by atoms with E-state index in [-0.39, 0.29) is 17.9 Å². The van der Waals surface area contributed by atoms with Crippen LogP contribution in [0.4, 0.5) is 5.69 Å². The first-order valence-electron chi connectivity index (χ1n) is 12.5. The van der Waals surface area contributed by atoms with Crippen LogP contribution in [0.2, 0.25) is 10.0 Å². The lowest BCUT2D eigenvalue weighted by Crippen LogP contribution is -2.55. The van der Waals surface area contributed by atoms with E-state index in [0.29, 0.717) is 27.7 Å². The molecule has 0 fully saturated rings. The predicted octanol–water partition coefficient (Wildman–Crippen LogP) is 5.78. The average Bonchev–Trinajstić information content (AvgIpc) is 2.77. The van der Waals surface area contributed by atoms with Crippen molar-refractivity contribution in [3.8, 4) is 0 Å². The molecule has 0 radical (unpaired) electrons. The molecule has 2 amide bonds.